The van der Waals surface area contributed by atoms with Gasteiger partial charge in [0.25, 0.3) is 5.56 Å². The summed E-state index contributed by atoms with van der Waals surface area (Å²) in [5.74, 6) is -1.23. The van der Waals surface area contributed by atoms with Gasteiger partial charge in [0.15, 0.2) is 6.23 Å². The minimum Gasteiger partial charge on any atom is -0.388 e. The van der Waals surface area contributed by atoms with Crippen LogP contribution in [-0.2, 0) is 4.74 Å². The van der Waals surface area contributed by atoms with Gasteiger partial charge in [0, 0.05) is 0 Å². The van der Waals surface area contributed by atoms with Gasteiger partial charge in [0.2, 0.25) is 5.82 Å². The molecule has 0 amide bonds. The SMILES string of the molecule is O=c1[nH]c(=O)n(C2OC[C@@H](O)[C@@H](O)[C@@H]2O)cc1F. The van der Waals surface area contributed by atoms with Gasteiger partial charge in [0.1, 0.15) is 18.3 Å². The highest BCUT2D eigenvalue weighted by molar-refractivity contribution is 4.92. The van der Waals surface area contributed by atoms with Crippen LogP contribution in [0.4, 0.5) is 4.39 Å². The quantitative estimate of drug-likeness (QED) is 0.436. The van der Waals surface area contributed by atoms with Crippen molar-refractivity contribution in [2.75, 3.05) is 6.61 Å². The smallest absolute Gasteiger partial charge is 0.330 e. The zero-order valence-corrected chi connectivity index (χ0v) is 8.99. The number of hydrogen-bond donors (Lipinski definition) is 4. The molecule has 18 heavy (non-hydrogen) atoms. The third-order valence-corrected chi connectivity index (χ3v) is 2.67. The predicted molar refractivity (Wildman–Crippen MR) is 54.3 cm³/mol. The second-order valence-corrected chi connectivity index (χ2v) is 3.92. The molecule has 0 bridgehead atoms. The third-order valence-electron chi connectivity index (χ3n) is 2.67. The summed E-state index contributed by atoms with van der Waals surface area (Å²) in [6.45, 7) is -0.337. The first-order chi connectivity index (χ1) is 8.41. The fourth-order valence-corrected chi connectivity index (χ4v) is 1.69. The lowest BCUT2D eigenvalue weighted by Gasteiger charge is -2.35. The molecule has 1 aliphatic heterocycles. The zero-order chi connectivity index (χ0) is 13.4. The maximum absolute atomic E-state index is 13.1. The lowest BCUT2D eigenvalue weighted by Crippen LogP contribution is -2.53. The van der Waals surface area contributed by atoms with E-state index < -0.39 is 41.6 Å². The van der Waals surface area contributed by atoms with Crippen LogP contribution in [-0.4, -0.2) is 49.8 Å². The molecule has 0 spiro atoms. The first-order valence-electron chi connectivity index (χ1n) is 5.08. The maximum atomic E-state index is 13.1. The molecule has 2 heterocycles. The van der Waals surface area contributed by atoms with E-state index in [0.717, 1.165) is 0 Å². The van der Waals surface area contributed by atoms with Crippen LogP contribution >= 0.6 is 0 Å². The third kappa shape index (κ3) is 2.08. The van der Waals surface area contributed by atoms with Crippen molar-refractivity contribution in [3.05, 3.63) is 32.9 Å². The van der Waals surface area contributed by atoms with Crippen molar-refractivity contribution in [2.24, 2.45) is 0 Å². The molecule has 4 N–H and O–H groups in total. The lowest BCUT2D eigenvalue weighted by atomic mass is 10.0. The Kier molecular flexibility index (Phi) is 3.30. The summed E-state index contributed by atoms with van der Waals surface area (Å²) in [4.78, 5) is 24.0. The highest BCUT2D eigenvalue weighted by Gasteiger charge is 2.39. The number of aliphatic hydroxyl groups is 3. The summed E-state index contributed by atoms with van der Waals surface area (Å²) in [7, 11) is 0. The average molecular weight is 262 g/mol. The van der Waals surface area contributed by atoms with Crippen LogP contribution in [0.5, 0.6) is 0 Å². The molecule has 1 aromatic rings. The number of halogens is 1. The topological polar surface area (TPSA) is 125 Å². The van der Waals surface area contributed by atoms with Crippen LogP contribution in [0.3, 0.4) is 0 Å². The highest BCUT2D eigenvalue weighted by atomic mass is 19.1. The Morgan fingerprint density at radius 2 is 2.00 bits per heavy atom. The van der Waals surface area contributed by atoms with Crippen molar-refractivity contribution in [2.45, 2.75) is 24.5 Å². The second kappa shape index (κ2) is 4.61. The highest BCUT2D eigenvalue weighted by Crippen LogP contribution is 2.22. The standard InChI is InChI=1S/C9H11FN2O6/c10-3-1-12(9(17)11-7(3)16)8-6(15)5(14)4(13)2-18-8/h1,4-6,8,13-15H,2H2,(H,11,16,17)/t4-,5-,6+,8?/m1/s1. The summed E-state index contributed by atoms with van der Waals surface area (Å²) < 4.78 is 18.6. The van der Waals surface area contributed by atoms with Crippen LogP contribution in [0.2, 0.25) is 0 Å². The Hall–Kier alpha value is -1.55. The largest absolute Gasteiger partial charge is 0.388 e. The molecule has 2 rings (SSSR count). The molecule has 0 aromatic carbocycles. The van der Waals surface area contributed by atoms with Crippen molar-refractivity contribution < 1.29 is 24.4 Å². The molecule has 1 aliphatic rings. The van der Waals surface area contributed by atoms with Gasteiger partial charge in [-0.1, -0.05) is 0 Å². The average Bonchev–Trinajstić information content (AvgIpc) is 2.32. The van der Waals surface area contributed by atoms with E-state index in [2.05, 4.69) is 0 Å². The van der Waals surface area contributed by atoms with Gasteiger partial charge in [-0.05, 0) is 0 Å². The number of ether oxygens (including phenoxy) is 1. The molecule has 9 heteroatoms. The molecular formula is C9H11FN2O6. The summed E-state index contributed by atoms with van der Waals surface area (Å²) in [6, 6.07) is 0. The number of aromatic nitrogens is 2. The Bertz CT molecular complexity index is 555. The number of aromatic amines is 1. The Morgan fingerprint density at radius 3 is 2.67 bits per heavy atom. The minimum absolute atomic E-state index is 0.337. The van der Waals surface area contributed by atoms with Gasteiger partial charge in [-0.15, -0.1) is 0 Å². The minimum atomic E-state index is -1.63. The van der Waals surface area contributed by atoms with Crippen molar-refractivity contribution in [3.8, 4) is 0 Å². The van der Waals surface area contributed by atoms with Crippen LogP contribution in [0, 0.1) is 5.82 Å². The second-order valence-electron chi connectivity index (χ2n) is 3.92. The lowest BCUT2D eigenvalue weighted by molar-refractivity contribution is -0.212. The number of nitrogens with zero attached hydrogens (tertiary/aromatic N) is 1. The molecule has 8 nitrogen and oxygen atoms in total. The number of H-pyrrole nitrogens is 1. The van der Waals surface area contributed by atoms with Gasteiger partial charge in [-0.2, -0.15) is 4.39 Å². The number of hydrogen-bond acceptors (Lipinski definition) is 6. The van der Waals surface area contributed by atoms with E-state index in [4.69, 9.17) is 4.74 Å². The van der Waals surface area contributed by atoms with Crippen LogP contribution in [0.15, 0.2) is 15.8 Å². The van der Waals surface area contributed by atoms with Crippen molar-refractivity contribution in [3.63, 3.8) is 0 Å². The van der Waals surface area contributed by atoms with Crippen LogP contribution in [0.25, 0.3) is 0 Å². The fourth-order valence-electron chi connectivity index (χ4n) is 1.69. The maximum Gasteiger partial charge on any atom is 0.330 e. The van der Waals surface area contributed by atoms with Crippen molar-refractivity contribution >= 4 is 0 Å². The molecule has 1 saturated heterocycles. The van der Waals surface area contributed by atoms with Gasteiger partial charge >= 0.3 is 5.69 Å². The fraction of sp³-hybridized carbons (Fsp3) is 0.556. The summed E-state index contributed by atoms with van der Waals surface area (Å²) in [5.41, 5.74) is -2.18. The van der Waals surface area contributed by atoms with Gasteiger partial charge in [0.05, 0.1) is 12.8 Å². The number of nitrogens with one attached hydrogen (secondary N) is 1. The molecule has 0 radical (unpaired) electrons. The van der Waals surface area contributed by atoms with E-state index in [1.54, 1.807) is 4.98 Å². The normalized spacial score (nSPS) is 32.4. The summed E-state index contributed by atoms with van der Waals surface area (Å²) >= 11 is 0. The van der Waals surface area contributed by atoms with E-state index in [0.29, 0.717) is 10.8 Å². The first-order valence-corrected chi connectivity index (χ1v) is 5.08. The molecule has 100 valence electrons. The van der Waals surface area contributed by atoms with Crippen molar-refractivity contribution in [1.82, 2.24) is 9.55 Å². The zero-order valence-electron chi connectivity index (χ0n) is 8.99. The summed E-state index contributed by atoms with van der Waals surface area (Å²) in [6.07, 6.45) is -5.29. The molecule has 1 aromatic heterocycles. The van der Waals surface area contributed by atoms with E-state index in [1.165, 1.54) is 0 Å². The monoisotopic (exact) mass is 262 g/mol. The Balaban J connectivity index is 2.41. The molecule has 0 saturated carbocycles. The van der Waals surface area contributed by atoms with Crippen molar-refractivity contribution in [1.29, 1.82) is 0 Å². The molecule has 1 unspecified atom stereocenters. The van der Waals surface area contributed by atoms with E-state index in [1.807, 2.05) is 0 Å². The van der Waals surface area contributed by atoms with E-state index in [9.17, 15) is 29.3 Å². The predicted octanol–water partition coefficient (Wildman–Crippen LogP) is -2.71. The Morgan fingerprint density at radius 1 is 1.33 bits per heavy atom. The molecule has 1 fully saturated rings. The van der Waals surface area contributed by atoms with Gasteiger partial charge < -0.3 is 20.1 Å². The molecular weight excluding hydrogens is 251 g/mol. The van der Waals surface area contributed by atoms with E-state index >= 15 is 0 Å². The van der Waals surface area contributed by atoms with Gasteiger partial charge in [-0.25, -0.2) is 4.79 Å². The summed E-state index contributed by atoms with van der Waals surface area (Å²) in [5, 5.41) is 28.3. The number of aliphatic hydroxyl groups excluding tert-OH is 3. The van der Waals surface area contributed by atoms with Crippen LogP contribution in [0.1, 0.15) is 6.23 Å². The van der Waals surface area contributed by atoms with E-state index in [-0.39, 0.29) is 6.61 Å². The molecule has 0 aliphatic carbocycles. The van der Waals surface area contributed by atoms with Crippen LogP contribution < -0.4 is 11.2 Å². The van der Waals surface area contributed by atoms with Gasteiger partial charge in [-0.3, -0.25) is 14.3 Å². The number of rotatable bonds is 1. The first kappa shape index (κ1) is 12.9. The molecule has 4 atom stereocenters. The Labute approximate surface area is 98.9 Å².